The van der Waals surface area contributed by atoms with E-state index < -0.39 is 5.54 Å². The number of rotatable bonds is 6. The van der Waals surface area contributed by atoms with Crippen molar-refractivity contribution in [3.63, 3.8) is 0 Å². The number of imidazole rings is 1. The van der Waals surface area contributed by atoms with Crippen molar-refractivity contribution in [3.8, 4) is 11.5 Å². The van der Waals surface area contributed by atoms with Crippen LogP contribution >= 0.6 is 0 Å². The van der Waals surface area contributed by atoms with Crippen LogP contribution in [-0.4, -0.2) is 33.7 Å². The van der Waals surface area contributed by atoms with Gasteiger partial charge in [0.05, 0.1) is 20.5 Å². The molecule has 0 aliphatic heterocycles. The summed E-state index contributed by atoms with van der Waals surface area (Å²) in [5.41, 5.74) is 15.3. The number of nitrogens with zero attached hydrogens (tertiary/aromatic N) is 4. The highest BCUT2D eigenvalue weighted by atomic mass is 16.5. The SMILES string of the molecule is COc1ccc(C(c2ccccc2)(c2ccc(OC)cc2)n2cnc3c(N)nc(N)nc32)cc1. The van der Waals surface area contributed by atoms with E-state index in [-0.39, 0.29) is 11.8 Å². The van der Waals surface area contributed by atoms with E-state index >= 15 is 0 Å². The predicted octanol–water partition coefficient (Wildman–Crippen LogP) is 3.85. The highest BCUT2D eigenvalue weighted by molar-refractivity contribution is 5.83. The smallest absolute Gasteiger partial charge is 0.224 e. The molecule has 170 valence electrons. The second kappa shape index (κ2) is 8.40. The van der Waals surface area contributed by atoms with Gasteiger partial charge >= 0.3 is 0 Å². The molecule has 0 spiro atoms. The third-order valence-corrected chi connectivity index (χ3v) is 6.01. The summed E-state index contributed by atoms with van der Waals surface area (Å²) >= 11 is 0. The largest absolute Gasteiger partial charge is 0.497 e. The van der Waals surface area contributed by atoms with Gasteiger partial charge in [-0.25, -0.2) is 4.98 Å². The van der Waals surface area contributed by atoms with Gasteiger partial charge in [-0.05, 0) is 41.0 Å². The van der Waals surface area contributed by atoms with Gasteiger partial charge < -0.3 is 20.9 Å². The van der Waals surface area contributed by atoms with E-state index in [4.69, 9.17) is 20.9 Å². The number of nitrogen functional groups attached to an aromatic ring is 2. The quantitative estimate of drug-likeness (QED) is 0.376. The number of benzene rings is 3. The number of hydrogen-bond acceptors (Lipinski definition) is 7. The average molecular weight is 453 g/mol. The zero-order valence-corrected chi connectivity index (χ0v) is 18.8. The van der Waals surface area contributed by atoms with Crippen LogP contribution in [-0.2, 0) is 5.54 Å². The summed E-state index contributed by atoms with van der Waals surface area (Å²) in [5.74, 6) is 1.82. The highest BCUT2D eigenvalue weighted by Gasteiger charge is 2.40. The van der Waals surface area contributed by atoms with E-state index in [1.54, 1.807) is 20.5 Å². The molecule has 0 saturated carbocycles. The molecule has 0 bridgehead atoms. The normalized spacial score (nSPS) is 11.5. The molecule has 8 nitrogen and oxygen atoms in total. The minimum Gasteiger partial charge on any atom is -0.497 e. The van der Waals surface area contributed by atoms with Crippen LogP contribution in [0.2, 0.25) is 0 Å². The molecular formula is C26H24N6O2. The van der Waals surface area contributed by atoms with Gasteiger partial charge in [-0.2, -0.15) is 9.97 Å². The fourth-order valence-corrected chi connectivity index (χ4v) is 4.45. The van der Waals surface area contributed by atoms with Gasteiger partial charge in [-0.1, -0.05) is 54.6 Å². The summed E-state index contributed by atoms with van der Waals surface area (Å²) in [4.78, 5) is 13.2. The van der Waals surface area contributed by atoms with E-state index in [9.17, 15) is 0 Å². The van der Waals surface area contributed by atoms with Gasteiger partial charge in [0.25, 0.3) is 0 Å². The molecule has 34 heavy (non-hydrogen) atoms. The molecule has 0 radical (unpaired) electrons. The maximum Gasteiger partial charge on any atom is 0.224 e. The number of aromatic nitrogens is 4. The topological polar surface area (TPSA) is 114 Å². The van der Waals surface area contributed by atoms with Gasteiger partial charge in [0, 0.05) is 0 Å². The lowest BCUT2D eigenvalue weighted by Gasteiger charge is -2.37. The van der Waals surface area contributed by atoms with Gasteiger partial charge in [-0.3, -0.25) is 4.57 Å². The predicted molar refractivity (Wildman–Crippen MR) is 132 cm³/mol. The van der Waals surface area contributed by atoms with Crippen LogP contribution in [0.15, 0.2) is 85.2 Å². The lowest BCUT2D eigenvalue weighted by molar-refractivity contribution is 0.413. The molecule has 2 heterocycles. The van der Waals surface area contributed by atoms with Crippen molar-refractivity contribution in [2.45, 2.75) is 5.54 Å². The second-order valence-corrected chi connectivity index (χ2v) is 7.79. The molecule has 0 saturated heterocycles. The molecule has 0 atom stereocenters. The van der Waals surface area contributed by atoms with Crippen molar-refractivity contribution in [1.82, 2.24) is 19.5 Å². The molecule has 0 fully saturated rings. The Labute approximate surface area is 196 Å². The number of nitrogens with two attached hydrogens (primary N) is 2. The lowest BCUT2D eigenvalue weighted by atomic mass is 9.76. The van der Waals surface area contributed by atoms with E-state index in [1.165, 1.54) is 0 Å². The Balaban J connectivity index is 1.93. The molecule has 0 aliphatic rings. The summed E-state index contributed by atoms with van der Waals surface area (Å²) in [6, 6.07) is 26.1. The summed E-state index contributed by atoms with van der Waals surface area (Å²) in [6.45, 7) is 0. The van der Waals surface area contributed by atoms with E-state index in [1.807, 2.05) is 71.3 Å². The van der Waals surface area contributed by atoms with E-state index in [2.05, 4.69) is 27.1 Å². The summed E-state index contributed by atoms with van der Waals surface area (Å²) < 4.78 is 12.8. The van der Waals surface area contributed by atoms with E-state index in [0.717, 1.165) is 28.2 Å². The van der Waals surface area contributed by atoms with Gasteiger partial charge in [0.2, 0.25) is 5.95 Å². The number of methoxy groups -OCH3 is 2. The molecule has 0 aliphatic carbocycles. The fraction of sp³-hybridized carbons (Fsp3) is 0.115. The van der Waals surface area contributed by atoms with Crippen LogP contribution in [0, 0.1) is 0 Å². The van der Waals surface area contributed by atoms with Gasteiger partial charge in [0.15, 0.2) is 11.5 Å². The first kappa shape index (κ1) is 21.3. The van der Waals surface area contributed by atoms with E-state index in [0.29, 0.717) is 11.2 Å². The third kappa shape index (κ3) is 3.27. The summed E-state index contributed by atoms with van der Waals surface area (Å²) in [7, 11) is 3.30. The Morgan fingerprint density at radius 3 is 1.76 bits per heavy atom. The molecule has 0 amide bonds. The van der Waals surface area contributed by atoms with Crippen LogP contribution in [0.25, 0.3) is 11.2 Å². The Kier molecular flexibility index (Phi) is 5.25. The zero-order chi connectivity index (χ0) is 23.7. The molecule has 5 aromatic rings. The summed E-state index contributed by atoms with van der Waals surface area (Å²) in [5, 5.41) is 0. The Hall–Kier alpha value is -4.59. The average Bonchev–Trinajstić information content (AvgIpc) is 3.30. The van der Waals surface area contributed by atoms with Crippen LogP contribution in [0.5, 0.6) is 11.5 Å². The minimum atomic E-state index is -0.859. The molecule has 5 rings (SSSR count). The molecule has 4 N–H and O–H groups in total. The first-order valence-corrected chi connectivity index (χ1v) is 10.7. The van der Waals surface area contributed by atoms with Gasteiger partial charge in [-0.15, -0.1) is 0 Å². The lowest BCUT2D eigenvalue weighted by Crippen LogP contribution is -2.37. The van der Waals surface area contributed by atoms with Crippen molar-refractivity contribution < 1.29 is 9.47 Å². The molecule has 2 aromatic heterocycles. The fourth-order valence-electron chi connectivity index (χ4n) is 4.45. The summed E-state index contributed by atoms with van der Waals surface area (Å²) in [6.07, 6.45) is 1.73. The maximum absolute atomic E-state index is 6.17. The Bertz CT molecular complexity index is 1380. The van der Waals surface area contributed by atoms with Crippen molar-refractivity contribution in [2.75, 3.05) is 25.7 Å². The van der Waals surface area contributed by atoms with Crippen LogP contribution in [0.1, 0.15) is 16.7 Å². The monoisotopic (exact) mass is 452 g/mol. The number of ether oxygens (including phenoxy) is 2. The standard InChI is InChI=1S/C26H24N6O2/c1-33-20-12-8-18(9-13-20)26(17-6-4-3-5-7-17,19-10-14-21(34-2)15-11-19)32-16-29-22-23(27)30-25(28)31-24(22)32/h3-16H,1-2H3,(H4,27,28,30,31). The highest BCUT2D eigenvalue weighted by Crippen LogP contribution is 2.43. The maximum atomic E-state index is 6.17. The molecule has 8 heteroatoms. The number of fused-ring (bicyclic) bond motifs is 1. The van der Waals surface area contributed by atoms with Crippen molar-refractivity contribution in [1.29, 1.82) is 0 Å². The van der Waals surface area contributed by atoms with Crippen molar-refractivity contribution in [2.24, 2.45) is 0 Å². The third-order valence-electron chi connectivity index (χ3n) is 6.01. The second-order valence-electron chi connectivity index (χ2n) is 7.79. The van der Waals surface area contributed by atoms with Crippen molar-refractivity contribution in [3.05, 3.63) is 102 Å². The van der Waals surface area contributed by atoms with Crippen molar-refractivity contribution >= 4 is 22.9 Å². The first-order valence-electron chi connectivity index (χ1n) is 10.7. The van der Waals surface area contributed by atoms with Crippen LogP contribution in [0.4, 0.5) is 11.8 Å². The number of hydrogen-bond donors (Lipinski definition) is 2. The van der Waals surface area contributed by atoms with Crippen LogP contribution < -0.4 is 20.9 Å². The molecule has 0 unspecified atom stereocenters. The minimum absolute atomic E-state index is 0.0816. The molecular weight excluding hydrogens is 428 g/mol. The van der Waals surface area contributed by atoms with Crippen LogP contribution in [0.3, 0.4) is 0 Å². The Morgan fingerprint density at radius 2 is 1.24 bits per heavy atom. The molecule has 3 aromatic carbocycles. The van der Waals surface area contributed by atoms with Gasteiger partial charge in [0.1, 0.15) is 22.6 Å². The first-order chi connectivity index (χ1) is 16.6. The zero-order valence-electron chi connectivity index (χ0n) is 18.8. The Morgan fingerprint density at radius 1 is 0.706 bits per heavy atom. The number of anilines is 2.